The monoisotopic (exact) mass is 655 g/mol. The Morgan fingerprint density at radius 2 is 1.51 bits per heavy atom. The van der Waals surface area contributed by atoms with E-state index < -0.39 is 0 Å². The molecule has 1 aromatic carbocycles. The minimum atomic E-state index is 0.0428. The number of morpholine rings is 3. The molecule has 3 fully saturated rings. The summed E-state index contributed by atoms with van der Waals surface area (Å²) in [7, 11) is 0. The van der Waals surface area contributed by atoms with Crippen LogP contribution in [0.5, 0.6) is 0 Å². The van der Waals surface area contributed by atoms with E-state index in [1.165, 1.54) is 31.9 Å². The third-order valence-electron chi connectivity index (χ3n) is 9.41. The lowest BCUT2D eigenvalue weighted by atomic mass is 9.77. The first-order chi connectivity index (χ1) is 21.7. The molecule has 0 amide bonds. The van der Waals surface area contributed by atoms with Gasteiger partial charge in [-0.2, -0.15) is 12.6 Å². The summed E-state index contributed by atoms with van der Waals surface area (Å²) < 4.78 is 21.2. The maximum atomic E-state index is 5.84. The van der Waals surface area contributed by atoms with E-state index in [-0.39, 0.29) is 10.2 Å². The average Bonchev–Trinajstić information content (AvgIpc) is 3.07. The molecular weight excluding hydrogens is 601 g/mol. The van der Waals surface area contributed by atoms with Crippen molar-refractivity contribution in [3.8, 4) is 10.6 Å². The molecule has 3 saturated heterocycles. The number of anilines is 2. The van der Waals surface area contributed by atoms with Gasteiger partial charge >= 0.3 is 0 Å². The van der Waals surface area contributed by atoms with Crippen molar-refractivity contribution in [2.45, 2.75) is 72.0 Å². The number of ether oxygens (including phenoxy) is 3. The van der Waals surface area contributed by atoms with Gasteiger partial charge in [-0.1, -0.05) is 41.5 Å². The molecule has 45 heavy (non-hydrogen) atoms. The summed E-state index contributed by atoms with van der Waals surface area (Å²) >= 11 is 6.91. The van der Waals surface area contributed by atoms with Crippen LogP contribution in [0, 0.1) is 5.41 Å². The summed E-state index contributed by atoms with van der Waals surface area (Å²) in [5.74, 6) is 0. The van der Waals surface area contributed by atoms with Gasteiger partial charge in [0.25, 0.3) is 0 Å². The molecule has 4 heterocycles. The molecule has 6 rings (SSSR count). The average molecular weight is 656 g/mol. The molecular formula is C36H55N4O3S2+. The first kappa shape index (κ1) is 34.4. The highest BCUT2D eigenvalue weighted by Gasteiger charge is 2.32. The third-order valence-corrected chi connectivity index (χ3v) is 11.0. The van der Waals surface area contributed by atoms with Gasteiger partial charge in [-0.3, -0.25) is 0 Å². The predicted molar refractivity (Wildman–Crippen MR) is 194 cm³/mol. The Balaban J connectivity index is 0.00000196. The van der Waals surface area contributed by atoms with Crippen LogP contribution in [0.3, 0.4) is 0 Å². The maximum absolute atomic E-state index is 5.84. The van der Waals surface area contributed by atoms with E-state index in [0.29, 0.717) is 0 Å². The summed E-state index contributed by atoms with van der Waals surface area (Å²) in [6.07, 6.45) is 4.28. The van der Waals surface area contributed by atoms with Crippen LogP contribution in [-0.2, 0) is 20.6 Å². The quantitative estimate of drug-likeness (QED) is 0.174. The van der Waals surface area contributed by atoms with E-state index in [2.05, 4.69) is 66.3 Å². The van der Waals surface area contributed by atoms with Gasteiger partial charge in [0, 0.05) is 42.2 Å². The van der Waals surface area contributed by atoms with Crippen LogP contribution in [0.4, 0.5) is 11.4 Å². The number of thiol groups is 1. The Bertz CT molecular complexity index is 1450. The Labute approximate surface area is 280 Å². The van der Waals surface area contributed by atoms with Crippen LogP contribution >= 0.6 is 24.0 Å². The number of aryl methyl sites for hydroxylation is 1. The van der Waals surface area contributed by atoms with Gasteiger partial charge in [0.1, 0.15) is 18.9 Å². The minimum absolute atomic E-state index is 0.0428. The lowest BCUT2D eigenvalue weighted by molar-refractivity contribution is 0.0962. The van der Waals surface area contributed by atoms with Gasteiger partial charge in [-0.25, -0.2) is 9.56 Å². The molecule has 248 valence electrons. The van der Waals surface area contributed by atoms with Crippen LogP contribution in [0.1, 0.15) is 66.4 Å². The number of hydrogen-bond acceptors (Lipinski definition) is 8. The normalized spacial score (nSPS) is 19.4. The Morgan fingerprint density at radius 1 is 0.889 bits per heavy atom. The highest BCUT2D eigenvalue weighted by Crippen LogP contribution is 2.41. The number of benzene rings is 2. The Morgan fingerprint density at radius 3 is 2.16 bits per heavy atom. The molecule has 0 saturated carbocycles. The van der Waals surface area contributed by atoms with Crippen molar-refractivity contribution in [3.63, 3.8) is 0 Å². The first-order valence-electron chi connectivity index (χ1n) is 17.2. The fraction of sp³-hybridized carbons (Fsp3) is 0.667. The van der Waals surface area contributed by atoms with Crippen molar-refractivity contribution in [2.75, 3.05) is 88.7 Å². The van der Waals surface area contributed by atoms with Crippen molar-refractivity contribution >= 4 is 45.6 Å². The van der Waals surface area contributed by atoms with E-state index in [9.17, 15) is 0 Å². The highest BCUT2D eigenvalue weighted by molar-refractivity contribution is 7.81. The number of hydrogen-bond donors (Lipinski definition) is 1. The molecule has 1 aliphatic carbocycles. The van der Waals surface area contributed by atoms with Crippen molar-refractivity contribution in [1.29, 1.82) is 0 Å². The fourth-order valence-corrected chi connectivity index (χ4v) is 8.50. The molecule has 5 aliphatic rings. The smallest absolute Gasteiger partial charge is 0.228 e. The second kappa shape index (κ2) is 15.3. The minimum Gasteiger partial charge on any atom is -0.378 e. The Hall–Kier alpha value is -1.91. The van der Waals surface area contributed by atoms with Crippen LogP contribution in [0.25, 0.3) is 20.8 Å². The summed E-state index contributed by atoms with van der Waals surface area (Å²) in [6, 6.07) is 9.19. The van der Waals surface area contributed by atoms with Crippen LogP contribution in [0.2, 0.25) is 0 Å². The van der Waals surface area contributed by atoms with Crippen molar-refractivity contribution in [2.24, 2.45) is 5.41 Å². The first-order valence-corrected chi connectivity index (χ1v) is 18.4. The maximum Gasteiger partial charge on any atom is 0.228 e. The van der Waals surface area contributed by atoms with E-state index in [1.54, 1.807) is 0 Å². The molecule has 1 unspecified atom stereocenters. The highest BCUT2D eigenvalue weighted by atomic mass is 32.1. The van der Waals surface area contributed by atoms with Crippen LogP contribution in [-0.4, -0.2) is 88.6 Å². The molecule has 1 atom stereocenters. The summed E-state index contributed by atoms with van der Waals surface area (Å²) in [5, 5.41) is 1.39. The molecule has 0 bridgehead atoms. The molecule has 1 aromatic rings. The van der Waals surface area contributed by atoms with E-state index in [4.69, 9.17) is 31.8 Å². The van der Waals surface area contributed by atoms with E-state index >= 15 is 0 Å². The van der Waals surface area contributed by atoms with Gasteiger partial charge in [0.2, 0.25) is 5.36 Å². The molecule has 0 radical (unpaired) electrons. The van der Waals surface area contributed by atoms with Gasteiger partial charge in [0.15, 0.2) is 13.1 Å². The number of nitrogens with zero attached hydrogens (tertiary/aromatic N) is 4. The van der Waals surface area contributed by atoms with Gasteiger partial charge in [0.05, 0.1) is 47.2 Å². The van der Waals surface area contributed by atoms with Gasteiger partial charge in [-0.05, 0) is 55.4 Å². The van der Waals surface area contributed by atoms with Gasteiger partial charge < -0.3 is 24.0 Å². The molecule has 0 aromatic heterocycles. The van der Waals surface area contributed by atoms with Crippen molar-refractivity contribution in [3.05, 3.63) is 35.2 Å². The molecule has 7 nitrogen and oxygen atoms in total. The zero-order chi connectivity index (χ0) is 32.0. The molecule has 9 heteroatoms. The van der Waals surface area contributed by atoms with Crippen LogP contribution in [0.15, 0.2) is 24.3 Å². The summed E-state index contributed by atoms with van der Waals surface area (Å²) in [5.41, 5.74) is 6.37. The second-order valence-electron chi connectivity index (χ2n) is 13.4. The second-order valence-corrected chi connectivity index (χ2v) is 15.6. The lowest BCUT2D eigenvalue weighted by Crippen LogP contribution is -2.47. The number of fused-ring (bicyclic) bond motifs is 2. The molecule has 0 spiro atoms. The zero-order valence-corrected chi connectivity index (χ0v) is 30.2. The predicted octanol–water partition coefficient (Wildman–Crippen LogP) is 6.35. The zero-order valence-electron chi connectivity index (χ0n) is 28.5. The standard InChI is InChI=1S/C34H48N4O3S2.C2H6/c1-5-34(4,42)24-33(2,3)9-8-25-22-28-32(31(38-14-20-41-21-15-38)30(25)37-12-18-40-19-13-37)43-29-23-26(6-7-27(29)35-28)36-10-16-39-17-11-36;1-2/h6-7,22-23H,5,8-21,24H2,1-4H3;1-2H3/p+1. The topological polar surface area (TPSA) is 50.1 Å². The van der Waals surface area contributed by atoms with Crippen molar-refractivity contribution in [1.82, 2.24) is 9.56 Å². The fourth-order valence-electron chi connectivity index (χ4n) is 6.93. The summed E-state index contributed by atoms with van der Waals surface area (Å²) in [6.45, 7) is 23.5. The van der Waals surface area contributed by atoms with E-state index in [1.807, 2.05) is 25.2 Å². The van der Waals surface area contributed by atoms with E-state index in [0.717, 1.165) is 116 Å². The molecule has 0 N–H and O–H groups in total. The largest absolute Gasteiger partial charge is 0.378 e. The third kappa shape index (κ3) is 8.33. The van der Waals surface area contributed by atoms with Crippen molar-refractivity contribution < 1.29 is 14.2 Å². The van der Waals surface area contributed by atoms with Gasteiger partial charge in [-0.15, -0.1) is 11.3 Å². The number of rotatable bonds is 8. The number of aromatic nitrogens is 1. The Kier molecular flexibility index (Phi) is 11.7. The lowest BCUT2D eigenvalue weighted by Gasteiger charge is -2.34. The SMILES string of the molecule is CC.CCC(C)(S)CC(C)(C)CCc1cc2nc3ccc(N4CCOCC4)cc3sc-2c(N2CCOCC2)c1=[N+]1CCOCC1. The summed E-state index contributed by atoms with van der Waals surface area (Å²) in [4.78, 5) is 11.6. The van der Waals surface area contributed by atoms with Crippen LogP contribution < -0.4 is 19.7 Å². The molecule has 4 aliphatic heterocycles.